The minimum Gasteiger partial charge on any atom is -0.394 e. The molecule has 1 aliphatic rings. The van der Waals surface area contributed by atoms with Crippen molar-refractivity contribution in [1.82, 2.24) is 5.32 Å². The van der Waals surface area contributed by atoms with Crippen LogP contribution in [0.4, 0.5) is 0 Å². The second-order valence-electron chi connectivity index (χ2n) is 6.78. The predicted molar refractivity (Wildman–Crippen MR) is 80.1 cm³/mol. The minimum atomic E-state index is -0.711. The van der Waals surface area contributed by atoms with Crippen molar-refractivity contribution in [2.75, 3.05) is 6.61 Å². The summed E-state index contributed by atoms with van der Waals surface area (Å²) in [5.41, 5.74) is 0.278. The largest absolute Gasteiger partial charge is 0.394 e. The first kappa shape index (κ1) is 15.0. The van der Waals surface area contributed by atoms with Crippen molar-refractivity contribution in [2.24, 2.45) is 11.3 Å². The van der Waals surface area contributed by atoms with Crippen molar-refractivity contribution in [2.45, 2.75) is 45.6 Å². The highest BCUT2D eigenvalue weighted by atomic mass is 16.3. The van der Waals surface area contributed by atoms with Crippen LogP contribution in [-0.2, 0) is 10.3 Å². The van der Waals surface area contributed by atoms with Crippen molar-refractivity contribution < 1.29 is 9.90 Å². The van der Waals surface area contributed by atoms with Crippen molar-refractivity contribution >= 4 is 5.91 Å². The minimum absolute atomic E-state index is 0.0390. The molecule has 1 aliphatic carbocycles. The summed E-state index contributed by atoms with van der Waals surface area (Å²) in [6.45, 7) is 6.09. The molecular weight excluding hydrogens is 250 g/mol. The Bertz CT molecular complexity index is 469. The molecule has 1 saturated carbocycles. The maximum Gasteiger partial charge on any atom is 0.224 e. The number of carbonyl (C=O) groups is 1. The summed E-state index contributed by atoms with van der Waals surface area (Å²) in [4.78, 5) is 12.6. The summed E-state index contributed by atoms with van der Waals surface area (Å²) in [5.74, 6) is 0.102. The lowest BCUT2D eigenvalue weighted by Crippen LogP contribution is -2.50. The molecule has 0 heterocycles. The molecular formula is C17H25NO2. The molecule has 2 atom stereocenters. The maximum atomic E-state index is 12.6. The van der Waals surface area contributed by atoms with Gasteiger partial charge in [0.25, 0.3) is 0 Å². The number of amides is 1. The Balaban J connectivity index is 2.16. The van der Waals surface area contributed by atoms with E-state index in [2.05, 4.69) is 19.2 Å². The van der Waals surface area contributed by atoms with Crippen LogP contribution in [0.2, 0.25) is 0 Å². The smallest absolute Gasteiger partial charge is 0.224 e. The summed E-state index contributed by atoms with van der Waals surface area (Å²) in [7, 11) is 0. The van der Waals surface area contributed by atoms with Gasteiger partial charge in [-0.15, -0.1) is 0 Å². The Morgan fingerprint density at radius 2 is 2.05 bits per heavy atom. The fourth-order valence-electron chi connectivity index (χ4n) is 3.18. The zero-order chi connectivity index (χ0) is 14.8. The van der Waals surface area contributed by atoms with Gasteiger partial charge in [0.15, 0.2) is 0 Å². The molecule has 0 aromatic heterocycles. The van der Waals surface area contributed by atoms with Gasteiger partial charge in [0.05, 0.1) is 12.1 Å². The zero-order valence-electron chi connectivity index (χ0n) is 12.6. The molecule has 110 valence electrons. The van der Waals surface area contributed by atoms with Crippen molar-refractivity contribution in [3.05, 3.63) is 35.9 Å². The van der Waals surface area contributed by atoms with E-state index in [0.29, 0.717) is 0 Å². The molecule has 0 saturated heterocycles. The number of hydrogen-bond donors (Lipinski definition) is 2. The number of rotatable bonds is 4. The monoisotopic (exact) mass is 275 g/mol. The van der Waals surface area contributed by atoms with Crippen LogP contribution in [0, 0.1) is 11.3 Å². The lowest BCUT2D eigenvalue weighted by molar-refractivity contribution is -0.130. The number of hydrogen-bond acceptors (Lipinski definition) is 2. The molecule has 0 radical (unpaired) electrons. The number of aliphatic hydroxyl groups is 1. The number of aliphatic hydroxyl groups excluding tert-OH is 1. The van der Waals surface area contributed by atoms with Crippen LogP contribution < -0.4 is 5.32 Å². The van der Waals surface area contributed by atoms with Crippen molar-refractivity contribution in [3.8, 4) is 0 Å². The van der Waals surface area contributed by atoms with E-state index in [9.17, 15) is 9.90 Å². The van der Waals surface area contributed by atoms with Crippen molar-refractivity contribution in [3.63, 3.8) is 0 Å². The van der Waals surface area contributed by atoms with E-state index in [0.717, 1.165) is 24.8 Å². The second kappa shape index (κ2) is 5.57. The molecule has 1 amide bonds. The van der Waals surface area contributed by atoms with E-state index < -0.39 is 5.54 Å². The standard InChI is InChI=1S/C17H25NO2/c1-16(2)11-7-10-14(16)15(20)18-17(3,12-19)13-8-5-4-6-9-13/h4-6,8-9,14,19H,7,10-12H2,1-3H3,(H,18,20). The Hall–Kier alpha value is -1.35. The SMILES string of the molecule is CC(CO)(NC(=O)C1CCCC1(C)C)c1ccccc1. The number of carbonyl (C=O) groups excluding carboxylic acids is 1. The second-order valence-corrected chi connectivity index (χ2v) is 6.78. The molecule has 2 N–H and O–H groups in total. The van der Waals surface area contributed by atoms with Gasteiger partial charge in [-0.3, -0.25) is 4.79 Å². The molecule has 1 aromatic rings. The van der Waals surface area contributed by atoms with Gasteiger partial charge in [-0.25, -0.2) is 0 Å². The molecule has 0 aliphatic heterocycles. The lowest BCUT2D eigenvalue weighted by Gasteiger charge is -2.33. The molecule has 20 heavy (non-hydrogen) atoms. The third kappa shape index (κ3) is 2.88. The lowest BCUT2D eigenvalue weighted by atomic mass is 9.80. The first-order valence-corrected chi connectivity index (χ1v) is 7.37. The van der Waals surface area contributed by atoms with Gasteiger partial charge >= 0.3 is 0 Å². The molecule has 0 spiro atoms. The molecule has 3 heteroatoms. The Morgan fingerprint density at radius 1 is 1.40 bits per heavy atom. The van der Waals surface area contributed by atoms with E-state index in [1.54, 1.807) is 0 Å². The molecule has 0 bridgehead atoms. The average molecular weight is 275 g/mol. The highest BCUT2D eigenvalue weighted by Crippen LogP contribution is 2.43. The van der Waals surface area contributed by atoms with Crippen molar-refractivity contribution in [1.29, 1.82) is 0 Å². The van der Waals surface area contributed by atoms with E-state index >= 15 is 0 Å². The highest BCUT2D eigenvalue weighted by Gasteiger charge is 2.41. The van der Waals surface area contributed by atoms with Gasteiger partial charge in [-0.1, -0.05) is 50.6 Å². The first-order chi connectivity index (χ1) is 9.39. The van der Waals surface area contributed by atoms with Crippen LogP contribution in [0.1, 0.15) is 45.6 Å². The molecule has 1 aromatic carbocycles. The van der Waals surface area contributed by atoms with Crippen LogP contribution in [-0.4, -0.2) is 17.6 Å². The van der Waals surface area contributed by atoms with Gasteiger partial charge in [0, 0.05) is 5.92 Å². The first-order valence-electron chi connectivity index (χ1n) is 7.37. The van der Waals surface area contributed by atoms with Crippen LogP contribution in [0.5, 0.6) is 0 Å². The normalized spacial score (nSPS) is 24.1. The molecule has 1 fully saturated rings. The maximum absolute atomic E-state index is 12.6. The molecule has 2 rings (SSSR count). The third-order valence-corrected chi connectivity index (χ3v) is 4.70. The fourth-order valence-corrected chi connectivity index (χ4v) is 3.18. The van der Waals surface area contributed by atoms with Crippen LogP contribution in [0.15, 0.2) is 30.3 Å². The van der Waals surface area contributed by atoms with Crippen LogP contribution >= 0.6 is 0 Å². The van der Waals surface area contributed by atoms with Gasteiger partial charge < -0.3 is 10.4 Å². The molecule has 2 unspecified atom stereocenters. The van der Waals surface area contributed by atoms with Gasteiger partial charge in [0.2, 0.25) is 5.91 Å². The van der Waals surface area contributed by atoms with Gasteiger partial charge in [-0.05, 0) is 30.7 Å². The zero-order valence-corrected chi connectivity index (χ0v) is 12.6. The summed E-state index contributed by atoms with van der Waals surface area (Å²) >= 11 is 0. The Morgan fingerprint density at radius 3 is 2.55 bits per heavy atom. The van der Waals surface area contributed by atoms with E-state index in [4.69, 9.17) is 0 Å². The van der Waals surface area contributed by atoms with Crippen LogP contribution in [0.3, 0.4) is 0 Å². The van der Waals surface area contributed by atoms with E-state index in [1.165, 1.54) is 0 Å². The fraction of sp³-hybridized carbons (Fsp3) is 0.588. The number of benzene rings is 1. The van der Waals surface area contributed by atoms with E-state index in [1.807, 2.05) is 37.3 Å². The Kier molecular flexibility index (Phi) is 4.19. The van der Waals surface area contributed by atoms with Gasteiger partial charge in [0.1, 0.15) is 0 Å². The number of nitrogens with one attached hydrogen (secondary N) is 1. The predicted octanol–water partition coefficient (Wildman–Crippen LogP) is 2.84. The summed E-state index contributed by atoms with van der Waals surface area (Å²) in [6.07, 6.45) is 3.13. The van der Waals surface area contributed by atoms with E-state index in [-0.39, 0.29) is 23.8 Å². The average Bonchev–Trinajstić information content (AvgIpc) is 2.79. The molecule has 3 nitrogen and oxygen atoms in total. The van der Waals surface area contributed by atoms with Gasteiger partial charge in [-0.2, -0.15) is 0 Å². The summed E-state index contributed by atoms with van der Waals surface area (Å²) < 4.78 is 0. The Labute approximate surface area is 121 Å². The third-order valence-electron chi connectivity index (χ3n) is 4.70. The summed E-state index contributed by atoms with van der Waals surface area (Å²) in [6, 6.07) is 9.67. The summed E-state index contributed by atoms with van der Waals surface area (Å²) in [5, 5.41) is 12.8. The van der Waals surface area contributed by atoms with Crippen LogP contribution in [0.25, 0.3) is 0 Å². The highest BCUT2D eigenvalue weighted by molar-refractivity contribution is 5.80. The quantitative estimate of drug-likeness (QED) is 0.887. The topological polar surface area (TPSA) is 49.3 Å².